The number of nitrogen functional groups attached to an aromatic ring is 1. The average molecular weight is 475 g/mol. The highest BCUT2D eigenvalue weighted by Gasteiger charge is 2.32. The van der Waals surface area contributed by atoms with E-state index in [4.69, 9.17) is 38.2 Å². The van der Waals surface area contributed by atoms with Crippen LogP contribution in [0.2, 0.25) is 10.0 Å². The number of urea groups is 1. The van der Waals surface area contributed by atoms with Gasteiger partial charge < -0.3 is 25.2 Å². The van der Waals surface area contributed by atoms with Gasteiger partial charge in [0.1, 0.15) is 23.8 Å². The van der Waals surface area contributed by atoms with Crippen molar-refractivity contribution >= 4 is 35.2 Å². The second-order valence-corrected chi connectivity index (χ2v) is 8.73. The number of anilines is 1. The summed E-state index contributed by atoms with van der Waals surface area (Å²) in [5.74, 6) is 1.21. The van der Waals surface area contributed by atoms with E-state index >= 15 is 0 Å². The van der Waals surface area contributed by atoms with Gasteiger partial charge >= 0.3 is 6.03 Å². The van der Waals surface area contributed by atoms with Crippen molar-refractivity contribution in [2.45, 2.75) is 45.5 Å². The topological polar surface area (TPSA) is 119 Å². The molecule has 32 heavy (non-hydrogen) atoms. The molecule has 2 aliphatic rings. The SMILES string of the molecule is Cc1cc(COc2cc(-c3nc(N)nc4c3CN(C(=O)NC3CC3)C4)c(Cl)cc2Cl)no1. The van der Waals surface area contributed by atoms with Crippen LogP contribution in [0, 0.1) is 6.92 Å². The molecule has 11 heteroatoms. The quantitative estimate of drug-likeness (QED) is 0.570. The number of nitrogens with one attached hydrogen (secondary N) is 1. The summed E-state index contributed by atoms with van der Waals surface area (Å²) in [7, 11) is 0. The number of carbonyl (C=O) groups excluding carboxylic acids is 1. The number of nitrogens with zero attached hydrogens (tertiary/aromatic N) is 4. The van der Waals surface area contributed by atoms with Crippen LogP contribution in [-0.4, -0.2) is 32.1 Å². The van der Waals surface area contributed by atoms with Crippen LogP contribution in [0.1, 0.15) is 35.6 Å². The van der Waals surface area contributed by atoms with Gasteiger partial charge in [0.15, 0.2) is 0 Å². The summed E-state index contributed by atoms with van der Waals surface area (Å²) in [4.78, 5) is 23.0. The maximum absolute atomic E-state index is 12.5. The van der Waals surface area contributed by atoms with Crippen LogP contribution in [0.25, 0.3) is 11.3 Å². The maximum Gasteiger partial charge on any atom is 0.318 e. The zero-order valence-corrected chi connectivity index (χ0v) is 18.7. The summed E-state index contributed by atoms with van der Waals surface area (Å²) >= 11 is 12.9. The van der Waals surface area contributed by atoms with E-state index < -0.39 is 0 Å². The van der Waals surface area contributed by atoms with E-state index in [2.05, 4.69) is 20.4 Å². The minimum atomic E-state index is -0.121. The Labute approximate surface area is 193 Å². The second kappa shape index (κ2) is 8.14. The molecule has 3 N–H and O–H groups in total. The van der Waals surface area contributed by atoms with Crippen molar-refractivity contribution in [2.24, 2.45) is 0 Å². The van der Waals surface area contributed by atoms with Crippen LogP contribution in [0.15, 0.2) is 22.7 Å². The molecule has 1 aliphatic heterocycles. The van der Waals surface area contributed by atoms with E-state index in [1.54, 1.807) is 30.0 Å². The Kier molecular flexibility index (Phi) is 5.30. The number of nitrogens with two attached hydrogens (primary N) is 1. The Morgan fingerprint density at radius 1 is 1.25 bits per heavy atom. The van der Waals surface area contributed by atoms with Crippen molar-refractivity contribution < 1.29 is 14.1 Å². The van der Waals surface area contributed by atoms with Crippen molar-refractivity contribution in [3.63, 3.8) is 0 Å². The minimum absolute atomic E-state index is 0.106. The van der Waals surface area contributed by atoms with Crippen LogP contribution in [-0.2, 0) is 19.7 Å². The van der Waals surface area contributed by atoms with Crippen molar-refractivity contribution in [1.29, 1.82) is 0 Å². The Bertz CT molecular complexity index is 1210. The van der Waals surface area contributed by atoms with Gasteiger partial charge in [-0.05, 0) is 31.9 Å². The van der Waals surface area contributed by atoms with Gasteiger partial charge in [-0.3, -0.25) is 0 Å². The van der Waals surface area contributed by atoms with Gasteiger partial charge in [-0.25, -0.2) is 14.8 Å². The third-order valence-corrected chi connectivity index (χ3v) is 5.93. The molecule has 0 atom stereocenters. The van der Waals surface area contributed by atoms with Crippen molar-refractivity contribution in [3.8, 4) is 17.0 Å². The first kappa shape index (κ1) is 20.8. The minimum Gasteiger partial charge on any atom is -0.486 e. The molecule has 1 aromatic carbocycles. The Morgan fingerprint density at radius 2 is 2.06 bits per heavy atom. The van der Waals surface area contributed by atoms with E-state index in [9.17, 15) is 4.79 Å². The molecule has 1 aliphatic carbocycles. The number of aromatic nitrogens is 3. The van der Waals surface area contributed by atoms with Crippen LogP contribution in [0.4, 0.5) is 10.7 Å². The molecule has 0 radical (unpaired) electrons. The summed E-state index contributed by atoms with van der Waals surface area (Å²) < 4.78 is 10.9. The third kappa shape index (κ3) is 4.18. The molecular weight excluding hydrogens is 455 g/mol. The molecule has 1 fully saturated rings. The molecule has 0 spiro atoms. The zero-order valence-electron chi connectivity index (χ0n) is 17.2. The fourth-order valence-electron chi connectivity index (χ4n) is 3.59. The highest BCUT2D eigenvalue weighted by Crippen LogP contribution is 2.40. The molecule has 1 saturated carbocycles. The number of amides is 2. The first-order valence-electron chi connectivity index (χ1n) is 10.1. The number of carbonyl (C=O) groups is 1. The standard InChI is InChI=1S/C21H20Cl2N6O3/c1-10-4-12(28-32-10)9-31-18-5-13(15(22)6-16(18)23)19-14-7-29(21(30)25-11-2-3-11)8-17(14)26-20(24)27-19/h4-6,11H,2-3,7-9H2,1H3,(H,25,30)(H2,24,26,27). The van der Waals surface area contributed by atoms with Gasteiger partial charge in [0.25, 0.3) is 0 Å². The predicted molar refractivity (Wildman–Crippen MR) is 118 cm³/mol. The molecule has 0 bridgehead atoms. The fourth-order valence-corrected chi connectivity index (χ4v) is 4.12. The Morgan fingerprint density at radius 3 is 2.78 bits per heavy atom. The average Bonchev–Trinajstić information content (AvgIpc) is 3.28. The molecule has 2 amide bonds. The molecule has 3 heterocycles. The maximum atomic E-state index is 12.5. The van der Waals surface area contributed by atoms with E-state index in [0.717, 1.165) is 18.4 Å². The number of benzene rings is 1. The number of aryl methyl sites for hydroxylation is 1. The lowest BCUT2D eigenvalue weighted by atomic mass is 10.1. The monoisotopic (exact) mass is 474 g/mol. The number of ether oxygens (including phenoxy) is 1. The zero-order chi connectivity index (χ0) is 22.4. The molecule has 0 unspecified atom stereocenters. The van der Waals surface area contributed by atoms with Gasteiger partial charge in [-0.15, -0.1) is 0 Å². The summed E-state index contributed by atoms with van der Waals surface area (Å²) in [5, 5.41) is 7.65. The normalized spacial score (nSPS) is 15.0. The molecule has 166 valence electrons. The number of hydrogen-bond donors (Lipinski definition) is 2. The largest absolute Gasteiger partial charge is 0.486 e. The molecule has 2 aromatic heterocycles. The first-order chi connectivity index (χ1) is 15.4. The predicted octanol–water partition coefficient (Wildman–Crippen LogP) is 4.10. The highest BCUT2D eigenvalue weighted by atomic mass is 35.5. The lowest BCUT2D eigenvalue weighted by molar-refractivity contribution is 0.197. The van der Waals surface area contributed by atoms with Crippen molar-refractivity contribution in [2.75, 3.05) is 5.73 Å². The molecule has 3 aromatic rings. The van der Waals surface area contributed by atoms with E-state index in [1.807, 2.05) is 0 Å². The van der Waals surface area contributed by atoms with Crippen LogP contribution in [0.3, 0.4) is 0 Å². The first-order valence-corrected chi connectivity index (χ1v) is 10.9. The van der Waals surface area contributed by atoms with Gasteiger partial charge in [0, 0.05) is 23.2 Å². The van der Waals surface area contributed by atoms with Crippen LogP contribution in [0.5, 0.6) is 5.75 Å². The third-order valence-electron chi connectivity index (χ3n) is 5.32. The van der Waals surface area contributed by atoms with Crippen molar-refractivity contribution in [3.05, 3.63) is 51.0 Å². The number of halogens is 2. The smallest absolute Gasteiger partial charge is 0.318 e. The van der Waals surface area contributed by atoms with Gasteiger partial charge in [-0.2, -0.15) is 0 Å². The highest BCUT2D eigenvalue weighted by molar-refractivity contribution is 6.37. The number of fused-ring (bicyclic) bond motifs is 1. The number of hydrogen-bond acceptors (Lipinski definition) is 7. The summed E-state index contributed by atoms with van der Waals surface area (Å²) in [6, 6.07) is 5.24. The van der Waals surface area contributed by atoms with E-state index in [-0.39, 0.29) is 24.6 Å². The Balaban J connectivity index is 1.45. The molecule has 9 nitrogen and oxygen atoms in total. The lowest BCUT2D eigenvalue weighted by Gasteiger charge is -2.16. The van der Waals surface area contributed by atoms with Gasteiger partial charge in [0.2, 0.25) is 5.95 Å². The molecule has 5 rings (SSSR count). The van der Waals surface area contributed by atoms with Crippen LogP contribution >= 0.6 is 23.2 Å². The molecular formula is C21H20Cl2N6O3. The summed E-state index contributed by atoms with van der Waals surface area (Å²) in [5.41, 5.74) is 9.26. The summed E-state index contributed by atoms with van der Waals surface area (Å²) in [6.45, 7) is 2.69. The lowest BCUT2D eigenvalue weighted by Crippen LogP contribution is -2.37. The Hall–Kier alpha value is -3.04. The second-order valence-electron chi connectivity index (χ2n) is 7.92. The molecule has 0 saturated heterocycles. The van der Waals surface area contributed by atoms with Gasteiger partial charge in [-0.1, -0.05) is 28.4 Å². The fraction of sp³-hybridized carbons (Fsp3) is 0.333. The van der Waals surface area contributed by atoms with Gasteiger partial charge in [0.05, 0.1) is 34.5 Å². The van der Waals surface area contributed by atoms with Crippen molar-refractivity contribution in [1.82, 2.24) is 25.3 Å². The van der Waals surface area contributed by atoms with E-state index in [1.165, 1.54) is 0 Å². The van der Waals surface area contributed by atoms with E-state index in [0.29, 0.717) is 57.3 Å². The van der Waals surface area contributed by atoms with Crippen LogP contribution < -0.4 is 15.8 Å². The number of rotatable bonds is 5. The summed E-state index contributed by atoms with van der Waals surface area (Å²) in [6.07, 6.45) is 2.03.